The molecule has 0 saturated carbocycles. The Morgan fingerprint density at radius 1 is 1.04 bits per heavy atom. The highest BCUT2D eigenvalue weighted by molar-refractivity contribution is 6.31. The van der Waals surface area contributed by atoms with E-state index in [-0.39, 0.29) is 11.3 Å². The van der Waals surface area contributed by atoms with Crippen LogP contribution in [0.3, 0.4) is 0 Å². The van der Waals surface area contributed by atoms with Crippen LogP contribution in [0.25, 0.3) is 10.9 Å². The van der Waals surface area contributed by atoms with Crippen molar-refractivity contribution >= 4 is 40.0 Å². The molecule has 0 radical (unpaired) electrons. The van der Waals surface area contributed by atoms with Crippen LogP contribution in [0.15, 0.2) is 48.9 Å². The van der Waals surface area contributed by atoms with Crippen LogP contribution in [0.4, 0.5) is 5.69 Å². The molecule has 3 rings (SSSR count). The largest absolute Gasteiger partial charge is 0.397 e. The first-order valence-electron chi connectivity index (χ1n) is 6.90. The topological polar surface area (TPSA) is 110 Å². The second kappa shape index (κ2) is 6.51. The van der Waals surface area contributed by atoms with Crippen LogP contribution in [0.1, 0.15) is 20.7 Å². The van der Waals surface area contributed by atoms with Crippen molar-refractivity contribution in [2.75, 3.05) is 5.73 Å². The van der Waals surface area contributed by atoms with Gasteiger partial charge in [-0.05, 0) is 30.3 Å². The monoisotopic (exact) mass is 341 g/mol. The number of benzene rings is 1. The lowest BCUT2D eigenvalue weighted by Gasteiger charge is -2.10. The molecule has 3 aromatic rings. The van der Waals surface area contributed by atoms with Crippen LogP contribution >= 0.6 is 11.6 Å². The number of nitrogens with one attached hydrogen (secondary N) is 2. The number of aromatic nitrogens is 2. The Morgan fingerprint density at radius 3 is 2.50 bits per heavy atom. The molecule has 2 aromatic heterocycles. The summed E-state index contributed by atoms with van der Waals surface area (Å²) in [6, 6.07) is 8.07. The zero-order valence-corrected chi connectivity index (χ0v) is 13.0. The van der Waals surface area contributed by atoms with Crippen LogP contribution in [0.2, 0.25) is 5.02 Å². The maximum Gasteiger partial charge on any atom is 0.273 e. The van der Waals surface area contributed by atoms with Gasteiger partial charge in [0.2, 0.25) is 0 Å². The summed E-state index contributed by atoms with van der Waals surface area (Å²) in [7, 11) is 0. The normalized spacial score (nSPS) is 10.4. The SMILES string of the molecule is Nc1c(C(=O)NNC(=O)c2ccncc2)cnc2ccc(Cl)cc12. The number of carbonyl (C=O) groups excluding carboxylic acids is 2. The standard InChI is InChI=1S/C16H12ClN5O2/c17-10-1-2-13-11(7-10)14(18)12(8-20-13)16(24)22-21-15(23)9-3-5-19-6-4-9/h1-8H,(H2,18,20)(H,21,23)(H,22,24). The number of nitrogens with two attached hydrogens (primary N) is 1. The molecule has 24 heavy (non-hydrogen) atoms. The summed E-state index contributed by atoms with van der Waals surface area (Å²) < 4.78 is 0. The molecule has 4 N–H and O–H groups in total. The molecule has 0 spiro atoms. The molecule has 0 fully saturated rings. The van der Waals surface area contributed by atoms with Gasteiger partial charge in [-0.3, -0.25) is 30.4 Å². The molecule has 0 saturated heterocycles. The number of anilines is 1. The van der Waals surface area contributed by atoms with Gasteiger partial charge >= 0.3 is 0 Å². The average molecular weight is 342 g/mol. The van der Waals surface area contributed by atoms with Gasteiger partial charge in [-0.2, -0.15) is 0 Å². The average Bonchev–Trinajstić information content (AvgIpc) is 2.61. The van der Waals surface area contributed by atoms with Crippen LogP contribution in [0.5, 0.6) is 0 Å². The molecule has 1 aromatic carbocycles. The third kappa shape index (κ3) is 3.11. The predicted octanol–water partition coefficient (Wildman–Crippen LogP) is 1.94. The highest BCUT2D eigenvalue weighted by atomic mass is 35.5. The van der Waals surface area contributed by atoms with Crippen molar-refractivity contribution in [2.24, 2.45) is 0 Å². The Balaban J connectivity index is 1.79. The summed E-state index contributed by atoms with van der Waals surface area (Å²) in [5, 5.41) is 1.05. The van der Waals surface area contributed by atoms with Crippen LogP contribution < -0.4 is 16.6 Å². The van der Waals surface area contributed by atoms with Crippen molar-refractivity contribution in [1.82, 2.24) is 20.8 Å². The van der Waals surface area contributed by atoms with Gasteiger partial charge in [0, 0.05) is 34.6 Å². The number of hydrazine groups is 1. The molecule has 0 aliphatic rings. The summed E-state index contributed by atoms with van der Waals surface area (Å²) in [6.07, 6.45) is 4.30. The number of rotatable bonds is 2. The first kappa shape index (κ1) is 15.7. The van der Waals surface area contributed by atoms with E-state index >= 15 is 0 Å². The molecule has 2 heterocycles. The fourth-order valence-corrected chi connectivity index (χ4v) is 2.29. The van der Waals surface area contributed by atoms with Crippen LogP contribution in [-0.2, 0) is 0 Å². The summed E-state index contributed by atoms with van der Waals surface area (Å²) in [6.45, 7) is 0. The van der Waals surface area contributed by atoms with Crippen molar-refractivity contribution in [3.63, 3.8) is 0 Å². The molecule has 0 aliphatic carbocycles. The van der Waals surface area contributed by atoms with Crippen molar-refractivity contribution in [3.05, 3.63) is 65.1 Å². The molecule has 7 nitrogen and oxygen atoms in total. The van der Waals surface area contributed by atoms with Gasteiger partial charge in [0.05, 0.1) is 16.8 Å². The number of amides is 2. The molecule has 0 aliphatic heterocycles. The Bertz CT molecular complexity index is 930. The first-order chi connectivity index (χ1) is 11.6. The minimum atomic E-state index is -0.579. The number of carbonyl (C=O) groups is 2. The molecule has 0 unspecified atom stereocenters. The highest BCUT2D eigenvalue weighted by Crippen LogP contribution is 2.25. The zero-order chi connectivity index (χ0) is 17.1. The fraction of sp³-hybridized carbons (Fsp3) is 0. The number of halogens is 1. The number of nitrogens with zero attached hydrogens (tertiary/aromatic N) is 2. The molecule has 8 heteroatoms. The minimum Gasteiger partial charge on any atom is -0.397 e. The van der Waals surface area contributed by atoms with E-state index in [0.29, 0.717) is 21.5 Å². The fourth-order valence-electron chi connectivity index (χ4n) is 2.12. The van der Waals surface area contributed by atoms with E-state index in [0.717, 1.165) is 0 Å². The van der Waals surface area contributed by atoms with Gasteiger partial charge in [0.15, 0.2) is 0 Å². The van der Waals surface area contributed by atoms with E-state index in [9.17, 15) is 9.59 Å². The van der Waals surface area contributed by atoms with E-state index in [4.69, 9.17) is 17.3 Å². The number of nitrogen functional groups attached to an aromatic ring is 1. The van der Waals surface area contributed by atoms with Gasteiger partial charge in [-0.1, -0.05) is 11.6 Å². The van der Waals surface area contributed by atoms with E-state index in [1.54, 1.807) is 18.2 Å². The number of hydrogen-bond donors (Lipinski definition) is 3. The van der Waals surface area contributed by atoms with Gasteiger partial charge in [0.1, 0.15) is 0 Å². The van der Waals surface area contributed by atoms with E-state index in [1.807, 2.05) is 0 Å². The zero-order valence-electron chi connectivity index (χ0n) is 12.3. The van der Waals surface area contributed by atoms with Gasteiger partial charge < -0.3 is 5.73 Å². The molecule has 120 valence electrons. The second-order valence-electron chi connectivity index (χ2n) is 4.89. The maximum atomic E-state index is 12.2. The molecule has 0 bridgehead atoms. The Kier molecular flexibility index (Phi) is 4.26. The van der Waals surface area contributed by atoms with Crippen LogP contribution in [-0.4, -0.2) is 21.8 Å². The predicted molar refractivity (Wildman–Crippen MR) is 90.3 cm³/mol. The van der Waals surface area contributed by atoms with Gasteiger partial charge in [-0.15, -0.1) is 0 Å². The smallest absolute Gasteiger partial charge is 0.273 e. The minimum absolute atomic E-state index is 0.139. The van der Waals surface area contributed by atoms with E-state index < -0.39 is 11.8 Å². The Morgan fingerprint density at radius 2 is 1.75 bits per heavy atom. The maximum absolute atomic E-state index is 12.2. The first-order valence-corrected chi connectivity index (χ1v) is 7.28. The second-order valence-corrected chi connectivity index (χ2v) is 5.33. The van der Waals surface area contributed by atoms with Gasteiger partial charge in [0.25, 0.3) is 11.8 Å². The molecule has 0 atom stereocenters. The van der Waals surface area contributed by atoms with Crippen molar-refractivity contribution < 1.29 is 9.59 Å². The quantitative estimate of drug-likeness (QED) is 0.617. The van der Waals surface area contributed by atoms with Gasteiger partial charge in [-0.25, -0.2) is 0 Å². The third-order valence-corrected chi connectivity index (χ3v) is 3.58. The molecular formula is C16H12ClN5O2. The highest BCUT2D eigenvalue weighted by Gasteiger charge is 2.14. The summed E-state index contributed by atoms with van der Waals surface area (Å²) in [5.74, 6) is -1.05. The number of fused-ring (bicyclic) bond motifs is 1. The van der Waals surface area contributed by atoms with Crippen molar-refractivity contribution in [1.29, 1.82) is 0 Å². The van der Waals surface area contributed by atoms with Crippen LogP contribution in [0, 0.1) is 0 Å². The molecule has 2 amide bonds. The number of pyridine rings is 2. The van der Waals surface area contributed by atoms with E-state index in [2.05, 4.69) is 20.8 Å². The number of hydrogen-bond acceptors (Lipinski definition) is 5. The summed E-state index contributed by atoms with van der Waals surface area (Å²) >= 11 is 5.95. The Labute approximate surface area is 141 Å². The lowest BCUT2D eigenvalue weighted by molar-refractivity contribution is 0.0847. The lowest BCUT2D eigenvalue weighted by atomic mass is 10.1. The van der Waals surface area contributed by atoms with Crippen molar-refractivity contribution in [2.45, 2.75) is 0 Å². The lowest BCUT2D eigenvalue weighted by Crippen LogP contribution is -2.41. The summed E-state index contributed by atoms with van der Waals surface area (Å²) in [4.78, 5) is 32.1. The van der Waals surface area contributed by atoms with Crippen molar-refractivity contribution in [3.8, 4) is 0 Å². The third-order valence-electron chi connectivity index (χ3n) is 3.35. The Hall–Kier alpha value is -3.19. The summed E-state index contributed by atoms with van der Waals surface area (Å²) in [5.41, 5.74) is 12.0. The molecular weight excluding hydrogens is 330 g/mol. The van der Waals surface area contributed by atoms with E-state index in [1.165, 1.54) is 30.7 Å².